The number of aryl methyl sites for hydroxylation is 1. The molecule has 1 amide bonds. The Kier molecular flexibility index (Phi) is 4.64. The van der Waals surface area contributed by atoms with Crippen molar-refractivity contribution in [1.29, 1.82) is 0 Å². The highest BCUT2D eigenvalue weighted by atomic mass is 19.1. The van der Waals surface area contributed by atoms with E-state index in [4.69, 9.17) is 4.42 Å². The summed E-state index contributed by atoms with van der Waals surface area (Å²) in [6.45, 7) is 1.90. The van der Waals surface area contributed by atoms with Gasteiger partial charge >= 0.3 is 0 Å². The Morgan fingerprint density at radius 1 is 1.15 bits per heavy atom. The van der Waals surface area contributed by atoms with Crippen LogP contribution in [0.2, 0.25) is 0 Å². The third-order valence-electron chi connectivity index (χ3n) is 8.06. The first-order valence-electron chi connectivity index (χ1n) is 11.8. The fraction of sp³-hybridized carbons (Fsp3) is 0.462. The summed E-state index contributed by atoms with van der Waals surface area (Å²) in [5.41, 5.74) is 1.51. The topological polar surface area (TPSA) is 80.9 Å². The van der Waals surface area contributed by atoms with Gasteiger partial charge in [-0.15, -0.1) is 10.2 Å². The van der Waals surface area contributed by atoms with Crippen LogP contribution in [-0.2, 0) is 5.41 Å². The van der Waals surface area contributed by atoms with E-state index in [-0.39, 0.29) is 22.7 Å². The van der Waals surface area contributed by atoms with Crippen molar-refractivity contribution >= 4 is 5.91 Å². The van der Waals surface area contributed by atoms with Crippen LogP contribution < -0.4 is 5.32 Å². The highest BCUT2D eigenvalue weighted by Gasteiger charge is 2.62. The molecule has 0 aliphatic heterocycles. The molecule has 2 heterocycles. The van der Waals surface area contributed by atoms with Crippen LogP contribution in [0.25, 0.3) is 11.5 Å². The van der Waals surface area contributed by atoms with Crippen molar-refractivity contribution in [2.75, 3.05) is 0 Å². The number of pyridine rings is 1. The smallest absolute Gasteiger partial charge is 0.270 e. The maximum atomic E-state index is 13.3. The van der Waals surface area contributed by atoms with E-state index in [0.29, 0.717) is 34.9 Å². The molecule has 3 saturated carbocycles. The number of rotatable bonds is 4. The number of benzene rings is 1. The predicted octanol–water partition coefficient (Wildman–Crippen LogP) is 4.99. The van der Waals surface area contributed by atoms with Gasteiger partial charge in [0, 0.05) is 16.8 Å². The van der Waals surface area contributed by atoms with Gasteiger partial charge in [-0.3, -0.25) is 4.79 Å². The van der Waals surface area contributed by atoms with Crippen LogP contribution in [0, 0.1) is 24.6 Å². The number of halogens is 1. The molecule has 33 heavy (non-hydrogen) atoms. The lowest BCUT2D eigenvalue weighted by atomic mass is 9.69. The van der Waals surface area contributed by atoms with Crippen LogP contribution >= 0.6 is 0 Å². The molecule has 170 valence electrons. The standard InChI is InChI=1S/C26H27FN4O2/c1-16-4-2-6-21(28-16)22(32)29-26-11-3-5-17-12-19(26)14-25(13-17,15-26)24-31-30-23(33-24)18-7-9-20(27)10-8-18/h2,4,6-10,17,19H,3,5,11-15H2,1H3,(H,29,32). The molecule has 3 bridgehead atoms. The number of amides is 1. The monoisotopic (exact) mass is 446 g/mol. The molecule has 0 spiro atoms. The summed E-state index contributed by atoms with van der Waals surface area (Å²) in [7, 11) is 0. The van der Waals surface area contributed by atoms with Gasteiger partial charge in [0.2, 0.25) is 11.8 Å². The molecule has 3 aliphatic rings. The maximum absolute atomic E-state index is 13.3. The van der Waals surface area contributed by atoms with Crippen molar-refractivity contribution in [3.05, 3.63) is 65.6 Å². The molecule has 0 radical (unpaired) electrons. The van der Waals surface area contributed by atoms with E-state index >= 15 is 0 Å². The van der Waals surface area contributed by atoms with Gasteiger partial charge in [-0.1, -0.05) is 18.9 Å². The Bertz CT molecular complexity index is 1210. The summed E-state index contributed by atoms with van der Waals surface area (Å²) in [5, 5.41) is 12.2. The normalized spacial score (nSPS) is 30.2. The molecule has 4 unspecified atom stereocenters. The van der Waals surface area contributed by atoms with Gasteiger partial charge in [0.05, 0.1) is 5.41 Å². The molecule has 1 aromatic carbocycles. The third kappa shape index (κ3) is 3.45. The van der Waals surface area contributed by atoms with Gasteiger partial charge in [-0.25, -0.2) is 9.37 Å². The zero-order valence-corrected chi connectivity index (χ0v) is 18.7. The van der Waals surface area contributed by atoms with Crippen molar-refractivity contribution in [1.82, 2.24) is 20.5 Å². The molecule has 7 heteroatoms. The SMILES string of the molecule is Cc1cccc(C(=O)NC23CCCC4CC2CC(c2nnc(-c5ccc(F)cc5)o2)(C4)C3)n1. The number of hydrogen-bond acceptors (Lipinski definition) is 5. The highest BCUT2D eigenvalue weighted by Crippen LogP contribution is 2.62. The molecule has 2 aromatic heterocycles. The molecule has 3 fully saturated rings. The first-order valence-corrected chi connectivity index (χ1v) is 11.8. The Morgan fingerprint density at radius 3 is 2.82 bits per heavy atom. The second kappa shape index (κ2) is 7.47. The lowest BCUT2D eigenvalue weighted by Gasteiger charge is -2.35. The van der Waals surface area contributed by atoms with E-state index in [2.05, 4.69) is 20.5 Å². The Balaban J connectivity index is 1.33. The van der Waals surface area contributed by atoms with E-state index in [1.165, 1.54) is 12.1 Å². The number of aromatic nitrogens is 3. The van der Waals surface area contributed by atoms with Crippen LogP contribution in [-0.4, -0.2) is 26.6 Å². The molecule has 6 rings (SSSR count). The Hall–Kier alpha value is -3.09. The van der Waals surface area contributed by atoms with E-state index < -0.39 is 0 Å². The molecule has 3 aliphatic carbocycles. The summed E-state index contributed by atoms with van der Waals surface area (Å²) in [5.74, 6) is 1.66. The molecule has 6 nitrogen and oxygen atoms in total. The average Bonchev–Trinajstić information content (AvgIpc) is 3.34. The van der Waals surface area contributed by atoms with E-state index in [0.717, 1.165) is 50.6 Å². The average molecular weight is 447 g/mol. The largest absolute Gasteiger partial charge is 0.420 e. The number of nitrogens with one attached hydrogen (secondary N) is 1. The van der Waals surface area contributed by atoms with E-state index in [1.807, 2.05) is 19.1 Å². The van der Waals surface area contributed by atoms with Gasteiger partial charge < -0.3 is 9.73 Å². The van der Waals surface area contributed by atoms with Crippen LogP contribution in [0.15, 0.2) is 46.9 Å². The number of nitrogens with zero attached hydrogens (tertiary/aromatic N) is 3. The van der Waals surface area contributed by atoms with E-state index in [9.17, 15) is 9.18 Å². The van der Waals surface area contributed by atoms with Gasteiger partial charge in [0.15, 0.2) is 0 Å². The fourth-order valence-electron chi connectivity index (χ4n) is 6.77. The zero-order chi connectivity index (χ0) is 22.6. The predicted molar refractivity (Wildman–Crippen MR) is 120 cm³/mol. The molecule has 3 aromatic rings. The van der Waals surface area contributed by atoms with Crippen LogP contribution in [0.1, 0.15) is 67.0 Å². The van der Waals surface area contributed by atoms with Crippen molar-refractivity contribution in [3.63, 3.8) is 0 Å². The number of carbonyl (C=O) groups is 1. The van der Waals surface area contributed by atoms with Crippen LogP contribution in [0.5, 0.6) is 0 Å². The van der Waals surface area contributed by atoms with Gasteiger partial charge in [-0.05, 0) is 87.3 Å². The third-order valence-corrected chi connectivity index (χ3v) is 8.06. The summed E-state index contributed by atoms with van der Waals surface area (Å²) in [6, 6.07) is 11.7. The molecular formula is C26H27FN4O2. The summed E-state index contributed by atoms with van der Waals surface area (Å²) in [6.07, 6.45) is 7.13. The van der Waals surface area contributed by atoms with Crippen LogP contribution in [0.3, 0.4) is 0 Å². The minimum atomic E-state index is -0.295. The van der Waals surface area contributed by atoms with Crippen LogP contribution in [0.4, 0.5) is 4.39 Å². The van der Waals surface area contributed by atoms with Gasteiger partial charge in [0.25, 0.3) is 5.91 Å². The van der Waals surface area contributed by atoms with Crippen molar-refractivity contribution in [2.45, 2.75) is 62.8 Å². The first-order chi connectivity index (χ1) is 15.9. The van der Waals surface area contributed by atoms with E-state index in [1.54, 1.807) is 18.2 Å². The number of carbonyl (C=O) groups excluding carboxylic acids is 1. The summed E-state index contributed by atoms with van der Waals surface area (Å²) < 4.78 is 19.6. The molecular weight excluding hydrogens is 419 g/mol. The summed E-state index contributed by atoms with van der Waals surface area (Å²) in [4.78, 5) is 17.7. The Morgan fingerprint density at radius 2 is 2.00 bits per heavy atom. The van der Waals surface area contributed by atoms with Crippen molar-refractivity contribution < 1.29 is 13.6 Å². The zero-order valence-electron chi connectivity index (χ0n) is 18.7. The fourth-order valence-corrected chi connectivity index (χ4v) is 6.77. The minimum Gasteiger partial charge on any atom is -0.420 e. The molecule has 4 atom stereocenters. The van der Waals surface area contributed by atoms with Crippen molar-refractivity contribution in [3.8, 4) is 11.5 Å². The quantitative estimate of drug-likeness (QED) is 0.611. The number of hydrogen-bond donors (Lipinski definition) is 1. The molecule has 1 N–H and O–H groups in total. The Labute approximate surface area is 192 Å². The summed E-state index contributed by atoms with van der Waals surface area (Å²) >= 11 is 0. The second-order valence-corrected chi connectivity index (χ2v) is 10.2. The second-order valence-electron chi connectivity index (χ2n) is 10.2. The first kappa shape index (κ1) is 20.5. The highest BCUT2D eigenvalue weighted by molar-refractivity contribution is 5.93. The lowest BCUT2D eigenvalue weighted by molar-refractivity contribution is 0.0856. The maximum Gasteiger partial charge on any atom is 0.270 e. The minimum absolute atomic E-state index is 0.0996. The molecule has 0 saturated heterocycles. The van der Waals surface area contributed by atoms with Gasteiger partial charge in [-0.2, -0.15) is 0 Å². The lowest BCUT2D eigenvalue weighted by Crippen LogP contribution is -2.51. The van der Waals surface area contributed by atoms with Crippen molar-refractivity contribution in [2.24, 2.45) is 11.8 Å². The number of fused-ring (bicyclic) bond motifs is 2. The van der Waals surface area contributed by atoms with Gasteiger partial charge in [0.1, 0.15) is 11.5 Å².